The maximum absolute atomic E-state index is 13.5. The van der Waals surface area contributed by atoms with Gasteiger partial charge in [0.2, 0.25) is 0 Å². The first-order valence-corrected chi connectivity index (χ1v) is 13.1. The van der Waals surface area contributed by atoms with Crippen molar-refractivity contribution in [3.05, 3.63) is 22.9 Å². The third-order valence-corrected chi connectivity index (χ3v) is 8.78. The standard InChI is InChI=1S/C26H38N4O3S/c1-17-13-20-21(22(27)34-23(20)28-18(17)2)24(32)29-11-7-19(8-12-29)30-10-6-9-26(15-30,16-31)14-25(3,4)33-5/h13,16,19H,6-12,14-15,27H2,1-5H3. The average Bonchev–Trinajstić information content (AvgIpc) is 3.13. The first-order chi connectivity index (χ1) is 16.1. The first kappa shape index (κ1) is 25.1. The van der Waals surface area contributed by atoms with E-state index in [0.717, 1.165) is 66.7 Å². The number of aldehydes is 1. The van der Waals surface area contributed by atoms with Gasteiger partial charge in [-0.1, -0.05) is 11.3 Å². The zero-order chi connectivity index (χ0) is 24.7. The van der Waals surface area contributed by atoms with Gasteiger partial charge in [0, 0.05) is 49.3 Å². The van der Waals surface area contributed by atoms with Crippen LogP contribution in [0.15, 0.2) is 6.07 Å². The maximum atomic E-state index is 13.5. The van der Waals surface area contributed by atoms with Gasteiger partial charge in [-0.05, 0) is 78.0 Å². The summed E-state index contributed by atoms with van der Waals surface area (Å²) >= 11 is 1.39. The molecule has 34 heavy (non-hydrogen) atoms. The molecule has 0 aromatic carbocycles. The highest BCUT2D eigenvalue weighted by atomic mass is 32.1. The number of nitrogens with two attached hydrogens (primary N) is 1. The van der Waals surface area contributed by atoms with Crippen LogP contribution in [0.3, 0.4) is 0 Å². The zero-order valence-corrected chi connectivity index (χ0v) is 22.0. The number of ether oxygens (including phenoxy) is 1. The molecule has 1 atom stereocenters. The number of methoxy groups -OCH3 is 1. The maximum Gasteiger partial charge on any atom is 0.257 e. The highest BCUT2D eigenvalue weighted by Gasteiger charge is 2.42. The van der Waals surface area contributed by atoms with Crippen LogP contribution in [0, 0.1) is 19.3 Å². The summed E-state index contributed by atoms with van der Waals surface area (Å²) in [5.41, 5.74) is 8.25. The van der Waals surface area contributed by atoms with Gasteiger partial charge in [0.1, 0.15) is 16.1 Å². The van der Waals surface area contributed by atoms with Crippen molar-refractivity contribution in [1.29, 1.82) is 0 Å². The Balaban J connectivity index is 1.44. The van der Waals surface area contributed by atoms with Crippen molar-refractivity contribution >= 4 is 38.7 Å². The predicted octanol–water partition coefficient (Wildman–Crippen LogP) is 4.20. The van der Waals surface area contributed by atoms with Crippen LogP contribution in [0.1, 0.15) is 67.6 Å². The molecular formula is C26H38N4O3S. The van der Waals surface area contributed by atoms with E-state index < -0.39 is 0 Å². The average molecular weight is 487 g/mol. The smallest absolute Gasteiger partial charge is 0.257 e. The molecule has 0 radical (unpaired) electrons. The lowest BCUT2D eigenvalue weighted by molar-refractivity contribution is -0.126. The lowest BCUT2D eigenvalue weighted by Gasteiger charge is -2.47. The van der Waals surface area contributed by atoms with Crippen LogP contribution in [-0.4, -0.2) is 71.9 Å². The van der Waals surface area contributed by atoms with Crippen molar-refractivity contribution in [3.63, 3.8) is 0 Å². The van der Waals surface area contributed by atoms with E-state index in [-0.39, 0.29) is 16.9 Å². The number of aryl methyl sites for hydroxylation is 2. The van der Waals surface area contributed by atoms with Crippen LogP contribution in [0.25, 0.3) is 10.2 Å². The second kappa shape index (κ2) is 9.55. The Bertz CT molecular complexity index is 1070. The summed E-state index contributed by atoms with van der Waals surface area (Å²) < 4.78 is 5.64. The topological polar surface area (TPSA) is 88.8 Å². The molecule has 4 rings (SSSR count). The fourth-order valence-electron chi connectivity index (χ4n) is 5.75. The molecule has 2 N–H and O–H groups in total. The number of likely N-dealkylation sites (tertiary alicyclic amines) is 2. The number of thiophene rings is 1. The van der Waals surface area contributed by atoms with Gasteiger partial charge in [0.05, 0.1) is 11.2 Å². The molecule has 2 aliphatic heterocycles. The van der Waals surface area contributed by atoms with Crippen LogP contribution >= 0.6 is 11.3 Å². The number of piperidine rings is 2. The van der Waals surface area contributed by atoms with E-state index in [1.165, 1.54) is 17.6 Å². The number of nitrogen functional groups attached to an aromatic ring is 1. The van der Waals surface area contributed by atoms with Gasteiger partial charge in [-0.25, -0.2) is 4.98 Å². The van der Waals surface area contributed by atoms with Crippen LogP contribution in [-0.2, 0) is 9.53 Å². The third-order valence-electron chi connectivity index (χ3n) is 7.85. The summed E-state index contributed by atoms with van der Waals surface area (Å²) in [6.45, 7) is 11.3. The summed E-state index contributed by atoms with van der Waals surface area (Å²) in [7, 11) is 1.72. The van der Waals surface area contributed by atoms with Crippen molar-refractivity contribution < 1.29 is 14.3 Å². The van der Waals surface area contributed by atoms with Crippen LogP contribution in [0.4, 0.5) is 5.00 Å². The van der Waals surface area contributed by atoms with E-state index in [4.69, 9.17) is 10.5 Å². The number of pyridine rings is 1. The second-order valence-electron chi connectivity index (χ2n) is 10.8. The van der Waals surface area contributed by atoms with Gasteiger partial charge in [-0.2, -0.15) is 0 Å². The number of nitrogens with zero attached hydrogens (tertiary/aromatic N) is 3. The van der Waals surface area contributed by atoms with Crippen molar-refractivity contribution in [2.45, 2.75) is 71.4 Å². The number of amides is 1. The van der Waals surface area contributed by atoms with E-state index in [1.807, 2.05) is 24.8 Å². The summed E-state index contributed by atoms with van der Waals surface area (Å²) in [5, 5.41) is 1.41. The van der Waals surface area contributed by atoms with E-state index in [2.05, 4.69) is 23.7 Å². The number of rotatable bonds is 6. The van der Waals surface area contributed by atoms with Gasteiger partial charge in [-0.15, -0.1) is 0 Å². The molecule has 2 saturated heterocycles. The number of fused-ring (bicyclic) bond motifs is 1. The van der Waals surface area contributed by atoms with Crippen molar-refractivity contribution in [2.75, 3.05) is 39.0 Å². The van der Waals surface area contributed by atoms with Crippen LogP contribution in [0.5, 0.6) is 0 Å². The molecule has 2 aromatic heterocycles. The number of carbonyl (C=O) groups excluding carboxylic acids is 2. The number of hydrogen-bond acceptors (Lipinski definition) is 7. The van der Waals surface area contributed by atoms with E-state index in [1.54, 1.807) is 7.11 Å². The van der Waals surface area contributed by atoms with Gasteiger partial charge >= 0.3 is 0 Å². The minimum absolute atomic E-state index is 0.00924. The molecule has 8 heteroatoms. The van der Waals surface area contributed by atoms with Crippen molar-refractivity contribution in [1.82, 2.24) is 14.8 Å². The minimum Gasteiger partial charge on any atom is -0.390 e. The quantitative estimate of drug-likeness (QED) is 0.616. The van der Waals surface area contributed by atoms with Gasteiger partial charge in [-0.3, -0.25) is 9.69 Å². The molecule has 1 unspecified atom stereocenters. The molecule has 7 nitrogen and oxygen atoms in total. The van der Waals surface area contributed by atoms with Crippen LogP contribution < -0.4 is 5.73 Å². The van der Waals surface area contributed by atoms with E-state index in [0.29, 0.717) is 29.7 Å². The molecular weight excluding hydrogens is 448 g/mol. The van der Waals surface area contributed by atoms with Gasteiger partial charge in [0.15, 0.2) is 0 Å². The Kier molecular flexibility index (Phi) is 7.04. The van der Waals surface area contributed by atoms with E-state index in [9.17, 15) is 9.59 Å². The molecule has 0 bridgehead atoms. The Morgan fingerprint density at radius 2 is 2.03 bits per heavy atom. The molecule has 2 fully saturated rings. The second-order valence-corrected chi connectivity index (χ2v) is 11.8. The van der Waals surface area contributed by atoms with E-state index >= 15 is 0 Å². The predicted molar refractivity (Wildman–Crippen MR) is 137 cm³/mol. The summed E-state index contributed by atoms with van der Waals surface area (Å²) in [5.74, 6) is 0.00924. The molecule has 2 aliphatic rings. The van der Waals surface area contributed by atoms with Gasteiger partial charge in [0.25, 0.3) is 5.91 Å². The molecule has 0 saturated carbocycles. The van der Waals surface area contributed by atoms with Crippen molar-refractivity contribution in [2.24, 2.45) is 5.41 Å². The summed E-state index contributed by atoms with van der Waals surface area (Å²) in [6, 6.07) is 2.43. The van der Waals surface area contributed by atoms with Gasteiger partial charge < -0.3 is 20.2 Å². The lowest BCUT2D eigenvalue weighted by atomic mass is 9.73. The molecule has 1 amide bonds. The molecule has 2 aromatic rings. The Morgan fingerprint density at radius 1 is 1.32 bits per heavy atom. The fourth-order valence-corrected chi connectivity index (χ4v) is 6.71. The summed E-state index contributed by atoms with van der Waals surface area (Å²) in [6.07, 6.45) is 5.64. The Morgan fingerprint density at radius 3 is 2.68 bits per heavy atom. The Hall–Kier alpha value is -2.03. The highest BCUT2D eigenvalue weighted by Crippen LogP contribution is 2.39. The highest BCUT2D eigenvalue weighted by molar-refractivity contribution is 7.22. The van der Waals surface area contributed by atoms with Crippen LogP contribution in [0.2, 0.25) is 0 Å². The summed E-state index contributed by atoms with van der Waals surface area (Å²) in [4.78, 5) is 35.6. The normalized spacial score (nSPS) is 22.9. The number of hydrogen-bond donors (Lipinski definition) is 1. The molecule has 0 aliphatic carbocycles. The molecule has 4 heterocycles. The minimum atomic E-state index is -0.363. The fraction of sp³-hybridized carbons (Fsp3) is 0.654. The zero-order valence-electron chi connectivity index (χ0n) is 21.1. The molecule has 186 valence electrons. The van der Waals surface area contributed by atoms with Crippen molar-refractivity contribution in [3.8, 4) is 0 Å². The largest absolute Gasteiger partial charge is 0.390 e. The monoisotopic (exact) mass is 486 g/mol. The molecule has 0 spiro atoms. The number of carbonyl (C=O) groups is 2. The number of anilines is 1. The number of aromatic nitrogens is 1. The Labute approximate surface area is 206 Å². The third kappa shape index (κ3) is 4.86. The SMILES string of the molecule is COC(C)(C)CC1(C=O)CCCN(C2CCN(C(=O)c3c(N)sc4nc(C)c(C)cc34)CC2)C1. The lowest BCUT2D eigenvalue weighted by Crippen LogP contribution is -2.54. The first-order valence-electron chi connectivity index (χ1n) is 12.3.